The minimum absolute atomic E-state index is 0.0332. The maximum atomic E-state index is 6.11. The number of nitrogens with zero attached hydrogens (tertiary/aromatic N) is 3. The van der Waals surface area contributed by atoms with Crippen LogP contribution in [0.3, 0.4) is 0 Å². The molecule has 25 heavy (non-hydrogen) atoms. The van der Waals surface area contributed by atoms with Crippen LogP contribution >= 0.6 is 0 Å². The van der Waals surface area contributed by atoms with Crippen molar-refractivity contribution in [2.75, 3.05) is 13.1 Å². The van der Waals surface area contributed by atoms with Crippen LogP contribution in [0.25, 0.3) is 11.5 Å². The molecule has 0 spiro atoms. The molecule has 1 atom stereocenters. The van der Waals surface area contributed by atoms with Crippen molar-refractivity contribution in [3.8, 4) is 11.5 Å². The Morgan fingerprint density at radius 2 is 1.60 bits per heavy atom. The Morgan fingerprint density at radius 1 is 0.880 bits per heavy atom. The van der Waals surface area contributed by atoms with Crippen LogP contribution in [0.15, 0.2) is 59.0 Å². The summed E-state index contributed by atoms with van der Waals surface area (Å²) in [5, 5.41) is 8.71. The zero-order valence-corrected chi connectivity index (χ0v) is 14.6. The lowest BCUT2D eigenvalue weighted by molar-refractivity contribution is 0.166. The van der Waals surface area contributed by atoms with Crippen molar-refractivity contribution in [3.63, 3.8) is 0 Å². The minimum atomic E-state index is 0.0332. The first-order chi connectivity index (χ1) is 12.3. The molecule has 3 aromatic rings. The van der Waals surface area contributed by atoms with Gasteiger partial charge in [0.05, 0.1) is 0 Å². The van der Waals surface area contributed by atoms with E-state index in [1.54, 1.807) is 0 Å². The van der Waals surface area contributed by atoms with E-state index in [1.165, 1.54) is 30.4 Å². The molecule has 1 aliphatic heterocycles. The Morgan fingerprint density at radius 3 is 2.32 bits per heavy atom. The van der Waals surface area contributed by atoms with Crippen molar-refractivity contribution < 1.29 is 4.42 Å². The number of piperidine rings is 1. The molecule has 4 rings (SSSR count). The molecule has 0 radical (unpaired) electrons. The summed E-state index contributed by atoms with van der Waals surface area (Å²) in [4.78, 5) is 2.47. The Labute approximate surface area is 148 Å². The zero-order chi connectivity index (χ0) is 17.1. The van der Waals surface area contributed by atoms with Gasteiger partial charge in [-0.25, -0.2) is 0 Å². The Hall–Kier alpha value is -2.46. The fourth-order valence-corrected chi connectivity index (χ4v) is 3.48. The predicted octanol–water partition coefficient (Wildman–Crippen LogP) is 4.62. The highest BCUT2D eigenvalue weighted by molar-refractivity contribution is 5.51. The van der Waals surface area contributed by atoms with Crippen LogP contribution in [0.4, 0.5) is 0 Å². The van der Waals surface area contributed by atoms with Gasteiger partial charge < -0.3 is 4.42 Å². The maximum absolute atomic E-state index is 6.11. The number of rotatable bonds is 4. The molecule has 1 aromatic heterocycles. The van der Waals surface area contributed by atoms with Gasteiger partial charge in [0.1, 0.15) is 6.04 Å². The Bertz CT molecular complexity index is 805. The average Bonchev–Trinajstić information content (AvgIpc) is 3.15. The molecule has 1 saturated heterocycles. The van der Waals surface area contributed by atoms with Crippen LogP contribution in [-0.2, 0) is 0 Å². The number of hydrogen-bond acceptors (Lipinski definition) is 4. The van der Waals surface area contributed by atoms with Gasteiger partial charge in [0.2, 0.25) is 11.8 Å². The summed E-state index contributed by atoms with van der Waals surface area (Å²) in [6.45, 7) is 4.25. The molecule has 0 amide bonds. The van der Waals surface area contributed by atoms with Crippen LogP contribution in [-0.4, -0.2) is 28.2 Å². The van der Waals surface area contributed by atoms with Crippen molar-refractivity contribution in [1.29, 1.82) is 0 Å². The quantitative estimate of drug-likeness (QED) is 0.698. The third kappa shape index (κ3) is 3.49. The molecule has 0 saturated carbocycles. The standard InChI is InChI=1S/C21H23N3O/c1-16-10-12-17(13-11-16)19(24-14-6-3-7-15-24)21-23-22-20(25-21)18-8-4-2-5-9-18/h2,4-5,8-13,19H,3,6-7,14-15H2,1H3. The summed E-state index contributed by atoms with van der Waals surface area (Å²) >= 11 is 0. The van der Waals surface area contributed by atoms with E-state index in [-0.39, 0.29) is 6.04 Å². The molecular formula is C21H23N3O. The van der Waals surface area contributed by atoms with Gasteiger partial charge in [0.15, 0.2) is 0 Å². The van der Waals surface area contributed by atoms with Gasteiger partial charge in [-0.1, -0.05) is 54.4 Å². The van der Waals surface area contributed by atoms with Gasteiger partial charge in [-0.3, -0.25) is 4.90 Å². The summed E-state index contributed by atoms with van der Waals surface area (Å²) in [5.74, 6) is 1.27. The maximum Gasteiger partial charge on any atom is 0.247 e. The minimum Gasteiger partial charge on any atom is -0.419 e. The second kappa shape index (κ2) is 7.19. The summed E-state index contributed by atoms with van der Waals surface area (Å²) in [5.41, 5.74) is 3.44. The number of aromatic nitrogens is 2. The van der Waals surface area contributed by atoms with Crippen LogP contribution in [0.1, 0.15) is 42.3 Å². The molecule has 1 aliphatic rings. The Balaban J connectivity index is 1.70. The summed E-state index contributed by atoms with van der Waals surface area (Å²) < 4.78 is 6.11. The number of benzene rings is 2. The Kier molecular flexibility index (Phi) is 4.61. The van der Waals surface area contributed by atoms with Gasteiger partial charge in [0, 0.05) is 5.56 Å². The predicted molar refractivity (Wildman–Crippen MR) is 98.2 cm³/mol. The first-order valence-electron chi connectivity index (χ1n) is 9.01. The van der Waals surface area contributed by atoms with E-state index in [4.69, 9.17) is 4.42 Å². The van der Waals surface area contributed by atoms with E-state index >= 15 is 0 Å². The lowest BCUT2D eigenvalue weighted by Gasteiger charge is -2.32. The molecule has 0 aliphatic carbocycles. The van der Waals surface area contributed by atoms with Crippen molar-refractivity contribution in [3.05, 3.63) is 71.6 Å². The molecule has 0 bridgehead atoms. The van der Waals surface area contributed by atoms with E-state index in [2.05, 4.69) is 46.3 Å². The summed E-state index contributed by atoms with van der Waals surface area (Å²) in [7, 11) is 0. The van der Waals surface area contributed by atoms with Crippen LogP contribution < -0.4 is 0 Å². The molecule has 4 nitrogen and oxygen atoms in total. The fraction of sp³-hybridized carbons (Fsp3) is 0.333. The highest BCUT2D eigenvalue weighted by Crippen LogP contribution is 2.32. The van der Waals surface area contributed by atoms with Crippen LogP contribution in [0.5, 0.6) is 0 Å². The smallest absolute Gasteiger partial charge is 0.247 e. The SMILES string of the molecule is Cc1ccc(C(c2nnc(-c3ccccc3)o2)N2CCCCC2)cc1. The first kappa shape index (κ1) is 16.0. The zero-order valence-electron chi connectivity index (χ0n) is 14.6. The van der Waals surface area contributed by atoms with E-state index < -0.39 is 0 Å². The molecule has 2 aromatic carbocycles. The topological polar surface area (TPSA) is 42.2 Å². The van der Waals surface area contributed by atoms with Crippen LogP contribution in [0, 0.1) is 6.92 Å². The molecular weight excluding hydrogens is 310 g/mol. The lowest BCUT2D eigenvalue weighted by Crippen LogP contribution is -2.34. The van der Waals surface area contributed by atoms with Gasteiger partial charge in [0.25, 0.3) is 0 Å². The number of aryl methyl sites for hydroxylation is 1. The summed E-state index contributed by atoms with van der Waals surface area (Å²) in [6.07, 6.45) is 3.75. The van der Waals surface area contributed by atoms with E-state index in [0.29, 0.717) is 11.8 Å². The number of likely N-dealkylation sites (tertiary alicyclic amines) is 1. The van der Waals surface area contributed by atoms with Crippen LogP contribution in [0.2, 0.25) is 0 Å². The van der Waals surface area contributed by atoms with Crippen molar-refractivity contribution in [2.45, 2.75) is 32.2 Å². The largest absolute Gasteiger partial charge is 0.419 e. The van der Waals surface area contributed by atoms with Crippen molar-refractivity contribution in [2.24, 2.45) is 0 Å². The normalized spacial score (nSPS) is 16.7. The van der Waals surface area contributed by atoms with E-state index in [1.807, 2.05) is 30.3 Å². The molecule has 0 N–H and O–H groups in total. The fourth-order valence-electron chi connectivity index (χ4n) is 3.48. The molecule has 1 unspecified atom stereocenters. The molecule has 128 valence electrons. The van der Waals surface area contributed by atoms with Crippen molar-refractivity contribution in [1.82, 2.24) is 15.1 Å². The van der Waals surface area contributed by atoms with Crippen molar-refractivity contribution >= 4 is 0 Å². The third-order valence-electron chi connectivity index (χ3n) is 4.84. The lowest BCUT2D eigenvalue weighted by atomic mass is 10.0. The average molecular weight is 333 g/mol. The second-order valence-electron chi connectivity index (χ2n) is 6.72. The second-order valence-corrected chi connectivity index (χ2v) is 6.72. The van der Waals surface area contributed by atoms with E-state index in [0.717, 1.165) is 18.7 Å². The highest BCUT2D eigenvalue weighted by atomic mass is 16.4. The third-order valence-corrected chi connectivity index (χ3v) is 4.84. The van der Waals surface area contributed by atoms with Gasteiger partial charge >= 0.3 is 0 Å². The monoisotopic (exact) mass is 333 g/mol. The molecule has 2 heterocycles. The molecule has 4 heteroatoms. The molecule has 1 fully saturated rings. The van der Waals surface area contributed by atoms with Gasteiger partial charge in [-0.05, 0) is 50.6 Å². The number of hydrogen-bond donors (Lipinski definition) is 0. The van der Waals surface area contributed by atoms with Gasteiger partial charge in [-0.2, -0.15) is 0 Å². The highest BCUT2D eigenvalue weighted by Gasteiger charge is 2.28. The van der Waals surface area contributed by atoms with E-state index in [9.17, 15) is 0 Å². The summed E-state index contributed by atoms with van der Waals surface area (Å²) in [6, 6.07) is 18.7. The van der Waals surface area contributed by atoms with Gasteiger partial charge in [-0.15, -0.1) is 10.2 Å². The first-order valence-corrected chi connectivity index (χ1v) is 9.01.